The topological polar surface area (TPSA) is 61.3 Å². The molecule has 4 rings (SSSR count). The molecule has 5 nitrogen and oxygen atoms in total. The first kappa shape index (κ1) is 19.3. The number of pyridine rings is 1. The molecule has 3 N–H and O–H groups in total. The molecular formula is C23H25N5S. The minimum Gasteiger partial charge on any atom is -0.362 e. The van der Waals surface area contributed by atoms with Gasteiger partial charge in [0.05, 0.1) is 5.54 Å². The second kappa shape index (κ2) is 7.79. The summed E-state index contributed by atoms with van der Waals surface area (Å²) in [4.78, 5) is 9.31. The Hall–Kier alpha value is -2.99. The van der Waals surface area contributed by atoms with Crippen molar-refractivity contribution in [2.45, 2.75) is 25.8 Å². The van der Waals surface area contributed by atoms with E-state index in [9.17, 15) is 0 Å². The average molecular weight is 404 g/mol. The lowest BCUT2D eigenvalue weighted by atomic mass is 9.84. The molecule has 2 aliphatic rings. The zero-order valence-corrected chi connectivity index (χ0v) is 17.5. The maximum Gasteiger partial charge on any atom is 0.171 e. The Labute approximate surface area is 177 Å². The van der Waals surface area contributed by atoms with E-state index in [1.807, 2.05) is 36.5 Å². The number of allylic oxidation sites excluding steroid dienone is 3. The Kier molecular flexibility index (Phi) is 5.20. The van der Waals surface area contributed by atoms with Crippen LogP contribution in [0.25, 0.3) is 0 Å². The van der Waals surface area contributed by atoms with Crippen LogP contribution in [-0.4, -0.2) is 22.9 Å². The number of hydrogen-bond acceptors (Lipinski definition) is 4. The standard InChI is InChI=1S/C23H25N5S/c1-22(13-7-4-8-14-22)15-25-21(29)27-19-12-11-18-20(26-19)28-23(2,16-24-18)17-9-5-3-6-10-17/h3-13,16H,14-15H2,1-2H3,(H3,25,26,27,28,29). The molecule has 0 spiro atoms. The van der Waals surface area contributed by atoms with Gasteiger partial charge in [0.1, 0.15) is 11.5 Å². The summed E-state index contributed by atoms with van der Waals surface area (Å²) in [6, 6.07) is 14.1. The Morgan fingerprint density at radius 1 is 1.14 bits per heavy atom. The van der Waals surface area contributed by atoms with Crippen LogP contribution in [0.1, 0.15) is 25.8 Å². The largest absolute Gasteiger partial charge is 0.362 e. The highest BCUT2D eigenvalue weighted by Gasteiger charge is 2.29. The van der Waals surface area contributed by atoms with Crippen molar-refractivity contribution in [1.29, 1.82) is 0 Å². The summed E-state index contributed by atoms with van der Waals surface area (Å²) in [5.41, 5.74) is 1.61. The van der Waals surface area contributed by atoms with Crippen LogP contribution in [0.15, 0.2) is 71.8 Å². The van der Waals surface area contributed by atoms with Gasteiger partial charge in [0.15, 0.2) is 10.9 Å². The second-order valence-corrected chi connectivity index (χ2v) is 8.38. The molecule has 0 amide bonds. The second-order valence-electron chi connectivity index (χ2n) is 7.97. The van der Waals surface area contributed by atoms with Crippen molar-refractivity contribution in [3.05, 3.63) is 72.3 Å². The van der Waals surface area contributed by atoms with Gasteiger partial charge in [-0.25, -0.2) is 4.98 Å². The molecule has 2 unspecified atom stereocenters. The van der Waals surface area contributed by atoms with Gasteiger partial charge < -0.3 is 16.0 Å². The van der Waals surface area contributed by atoms with Crippen molar-refractivity contribution in [1.82, 2.24) is 10.3 Å². The van der Waals surface area contributed by atoms with Gasteiger partial charge in [-0.15, -0.1) is 0 Å². The van der Waals surface area contributed by atoms with Crippen LogP contribution >= 0.6 is 12.2 Å². The SMILES string of the molecule is CC1(CNC(=S)Nc2ccc3c(n2)NC(C)(c2ccccc2)C=N3)C=CC=CC1. The third-order valence-corrected chi connectivity index (χ3v) is 5.56. The fraction of sp³-hybridized carbons (Fsp3) is 0.261. The third-order valence-electron chi connectivity index (χ3n) is 5.31. The number of rotatable bonds is 4. The van der Waals surface area contributed by atoms with Crippen LogP contribution < -0.4 is 16.0 Å². The summed E-state index contributed by atoms with van der Waals surface area (Å²) in [6.07, 6.45) is 11.5. The van der Waals surface area contributed by atoms with Crippen molar-refractivity contribution < 1.29 is 0 Å². The highest BCUT2D eigenvalue weighted by Crippen LogP contribution is 2.35. The number of benzene rings is 1. The first-order chi connectivity index (χ1) is 14.0. The van der Waals surface area contributed by atoms with Crippen molar-refractivity contribution in [3.8, 4) is 0 Å². The van der Waals surface area contributed by atoms with E-state index in [0.29, 0.717) is 10.9 Å². The molecule has 2 aromatic rings. The summed E-state index contributed by atoms with van der Waals surface area (Å²) in [7, 11) is 0. The number of fused-ring (bicyclic) bond motifs is 1. The number of thiocarbonyl (C=S) groups is 1. The van der Waals surface area contributed by atoms with E-state index in [-0.39, 0.29) is 5.41 Å². The molecule has 2 heterocycles. The lowest BCUT2D eigenvalue weighted by molar-refractivity contribution is 0.425. The maximum atomic E-state index is 5.48. The molecule has 148 valence electrons. The van der Waals surface area contributed by atoms with E-state index in [4.69, 9.17) is 17.2 Å². The minimum atomic E-state index is -0.409. The Morgan fingerprint density at radius 2 is 1.97 bits per heavy atom. The molecule has 1 aliphatic carbocycles. The van der Waals surface area contributed by atoms with Gasteiger partial charge in [-0.2, -0.15) is 0 Å². The van der Waals surface area contributed by atoms with Crippen molar-refractivity contribution >= 4 is 40.9 Å². The molecule has 1 aromatic heterocycles. The number of nitrogens with zero attached hydrogens (tertiary/aromatic N) is 2. The van der Waals surface area contributed by atoms with Gasteiger partial charge in [-0.1, -0.05) is 61.6 Å². The number of hydrogen-bond donors (Lipinski definition) is 3. The highest BCUT2D eigenvalue weighted by molar-refractivity contribution is 7.80. The van der Waals surface area contributed by atoms with Crippen LogP contribution in [0.2, 0.25) is 0 Å². The van der Waals surface area contributed by atoms with E-state index in [2.05, 4.69) is 71.2 Å². The Bertz CT molecular complexity index is 998. The minimum absolute atomic E-state index is 0.0670. The Morgan fingerprint density at radius 3 is 2.72 bits per heavy atom. The van der Waals surface area contributed by atoms with E-state index in [1.165, 1.54) is 0 Å². The fourth-order valence-electron chi connectivity index (χ4n) is 3.47. The molecule has 6 heteroatoms. The zero-order chi connectivity index (χ0) is 20.3. The quantitative estimate of drug-likeness (QED) is 0.632. The molecule has 1 aromatic carbocycles. The van der Waals surface area contributed by atoms with Gasteiger partial charge in [-0.3, -0.25) is 4.99 Å². The molecule has 0 radical (unpaired) electrons. The molecule has 29 heavy (non-hydrogen) atoms. The van der Waals surface area contributed by atoms with Crippen LogP contribution in [-0.2, 0) is 5.54 Å². The number of anilines is 2. The van der Waals surface area contributed by atoms with Gasteiger partial charge in [0, 0.05) is 18.2 Å². The zero-order valence-electron chi connectivity index (χ0n) is 16.6. The van der Waals surface area contributed by atoms with E-state index in [0.717, 1.165) is 30.0 Å². The first-order valence-corrected chi connectivity index (χ1v) is 10.2. The fourth-order valence-corrected chi connectivity index (χ4v) is 3.65. The van der Waals surface area contributed by atoms with Crippen LogP contribution in [0.3, 0.4) is 0 Å². The van der Waals surface area contributed by atoms with Crippen molar-refractivity contribution in [2.24, 2.45) is 10.4 Å². The molecular weight excluding hydrogens is 378 g/mol. The molecule has 1 aliphatic heterocycles. The van der Waals surface area contributed by atoms with Crippen LogP contribution in [0.5, 0.6) is 0 Å². The summed E-state index contributed by atoms with van der Waals surface area (Å²) in [5.74, 6) is 1.42. The molecule has 0 fully saturated rings. The highest BCUT2D eigenvalue weighted by atomic mass is 32.1. The predicted molar refractivity (Wildman–Crippen MR) is 125 cm³/mol. The normalized spacial score (nSPS) is 24.5. The summed E-state index contributed by atoms with van der Waals surface area (Å²) in [5, 5.41) is 10.6. The van der Waals surface area contributed by atoms with Crippen molar-refractivity contribution in [3.63, 3.8) is 0 Å². The molecule has 2 atom stereocenters. The number of nitrogens with one attached hydrogen (secondary N) is 3. The maximum absolute atomic E-state index is 5.48. The van der Waals surface area contributed by atoms with E-state index >= 15 is 0 Å². The van der Waals surface area contributed by atoms with Gasteiger partial charge >= 0.3 is 0 Å². The lowest BCUT2D eigenvalue weighted by Gasteiger charge is -2.31. The van der Waals surface area contributed by atoms with E-state index in [1.54, 1.807) is 0 Å². The number of aromatic nitrogens is 1. The van der Waals surface area contributed by atoms with Crippen molar-refractivity contribution in [2.75, 3.05) is 17.2 Å². The Balaban J connectivity index is 1.43. The predicted octanol–water partition coefficient (Wildman–Crippen LogP) is 4.93. The molecule has 0 saturated carbocycles. The van der Waals surface area contributed by atoms with Crippen LogP contribution in [0.4, 0.5) is 17.3 Å². The molecule has 0 saturated heterocycles. The molecule has 0 bridgehead atoms. The van der Waals surface area contributed by atoms with Gasteiger partial charge in [0.2, 0.25) is 0 Å². The lowest BCUT2D eigenvalue weighted by Crippen LogP contribution is -2.38. The monoisotopic (exact) mass is 403 g/mol. The third kappa shape index (κ3) is 4.38. The van der Waals surface area contributed by atoms with Gasteiger partial charge in [0.25, 0.3) is 0 Å². The van der Waals surface area contributed by atoms with Crippen LogP contribution in [0, 0.1) is 5.41 Å². The summed E-state index contributed by atoms with van der Waals surface area (Å²) < 4.78 is 0. The number of aliphatic imine (C=N–C) groups is 1. The van der Waals surface area contributed by atoms with E-state index < -0.39 is 5.54 Å². The first-order valence-electron chi connectivity index (χ1n) is 9.75. The smallest absolute Gasteiger partial charge is 0.171 e. The summed E-state index contributed by atoms with van der Waals surface area (Å²) >= 11 is 5.48. The average Bonchev–Trinajstić information content (AvgIpc) is 2.73. The summed E-state index contributed by atoms with van der Waals surface area (Å²) in [6.45, 7) is 5.07. The van der Waals surface area contributed by atoms with Gasteiger partial charge in [-0.05, 0) is 43.3 Å².